The van der Waals surface area contributed by atoms with E-state index in [4.69, 9.17) is 20.8 Å². The summed E-state index contributed by atoms with van der Waals surface area (Å²) in [6.45, 7) is 4.41. The first-order valence-corrected chi connectivity index (χ1v) is 6.43. The van der Waals surface area contributed by atoms with Crippen molar-refractivity contribution < 1.29 is 9.15 Å². The Hall–Kier alpha value is -1.48. The van der Waals surface area contributed by atoms with Crippen molar-refractivity contribution >= 4 is 22.4 Å². The summed E-state index contributed by atoms with van der Waals surface area (Å²) in [4.78, 5) is 11.9. The van der Waals surface area contributed by atoms with Gasteiger partial charge in [0.2, 0.25) is 0 Å². The molecule has 0 radical (unpaired) electrons. The molecule has 0 aliphatic carbocycles. The first-order valence-electron chi connectivity index (χ1n) is 6.05. The van der Waals surface area contributed by atoms with Gasteiger partial charge in [-0.25, -0.2) is 4.79 Å². The Morgan fingerprint density at radius 3 is 2.78 bits per heavy atom. The van der Waals surface area contributed by atoms with Gasteiger partial charge in [-0.05, 0) is 30.9 Å². The number of halogens is 1. The van der Waals surface area contributed by atoms with E-state index in [0.717, 1.165) is 18.2 Å². The molecular formula is C14H15ClO3. The van der Waals surface area contributed by atoms with Gasteiger partial charge in [-0.2, -0.15) is 0 Å². The molecule has 1 heterocycles. The Balaban J connectivity index is 2.64. The van der Waals surface area contributed by atoms with E-state index in [9.17, 15) is 4.79 Å². The van der Waals surface area contributed by atoms with Gasteiger partial charge in [0.25, 0.3) is 0 Å². The van der Waals surface area contributed by atoms with Crippen LogP contribution < -0.4 is 10.4 Å². The van der Waals surface area contributed by atoms with Gasteiger partial charge in [-0.3, -0.25) is 0 Å². The van der Waals surface area contributed by atoms with Crippen LogP contribution in [-0.2, 0) is 6.42 Å². The van der Waals surface area contributed by atoms with E-state index in [2.05, 4.69) is 0 Å². The van der Waals surface area contributed by atoms with Gasteiger partial charge in [0.1, 0.15) is 11.5 Å². The molecular weight excluding hydrogens is 252 g/mol. The molecule has 0 amide bonds. The first-order chi connectivity index (χ1) is 8.67. The molecule has 0 spiro atoms. The highest BCUT2D eigenvalue weighted by Crippen LogP contribution is 2.31. The third kappa shape index (κ3) is 2.36. The largest absolute Gasteiger partial charge is 0.492 e. The molecule has 0 saturated carbocycles. The van der Waals surface area contributed by atoms with Crippen LogP contribution in [-0.4, -0.2) is 6.61 Å². The van der Waals surface area contributed by atoms with Crippen molar-refractivity contribution in [2.45, 2.75) is 26.7 Å². The highest BCUT2D eigenvalue weighted by atomic mass is 35.5. The fraction of sp³-hybridized carbons (Fsp3) is 0.357. The van der Waals surface area contributed by atoms with Gasteiger partial charge in [0.05, 0.1) is 17.0 Å². The van der Waals surface area contributed by atoms with Gasteiger partial charge in [-0.1, -0.05) is 24.6 Å². The van der Waals surface area contributed by atoms with Crippen molar-refractivity contribution in [2.24, 2.45) is 0 Å². The van der Waals surface area contributed by atoms with Crippen molar-refractivity contribution in [1.29, 1.82) is 0 Å². The average Bonchev–Trinajstić information content (AvgIpc) is 2.33. The summed E-state index contributed by atoms with van der Waals surface area (Å²) in [6, 6.07) is 5.48. The lowest BCUT2D eigenvalue weighted by Crippen LogP contribution is -2.04. The summed E-state index contributed by atoms with van der Waals surface area (Å²) in [5.41, 5.74) is -0.400. The number of hydrogen-bond acceptors (Lipinski definition) is 3. The van der Waals surface area contributed by atoms with Crippen LogP contribution in [0.4, 0.5) is 0 Å². The predicted molar refractivity (Wildman–Crippen MR) is 72.7 cm³/mol. The zero-order valence-electron chi connectivity index (χ0n) is 10.5. The van der Waals surface area contributed by atoms with Crippen molar-refractivity contribution in [1.82, 2.24) is 0 Å². The average molecular weight is 267 g/mol. The molecule has 0 saturated heterocycles. The minimum atomic E-state index is -0.400. The summed E-state index contributed by atoms with van der Waals surface area (Å²) in [5, 5.41) is 1.51. The van der Waals surface area contributed by atoms with E-state index in [1.807, 2.05) is 26.0 Å². The van der Waals surface area contributed by atoms with Gasteiger partial charge in [0.15, 0.2) is 0 Å². The summed E-state index contributed by atoms with van der Waals surface area (Å²) in [6.07, 6.45) is 1.68. The summed E-state index contributed by atoms with van der Waals surface area (Å²) < 4.78 is 10.6. The number of fused-ring (bicyclic) bond motifs is 1. The fourth-order valence-electron chi connectivity index (χ4n) is 1.91. The van der Waals surface area contributed by atoms with E-state index in [1.165, 1.54) is 0 Å². The van der Waals surface area contributed by atoms with E-state index >= 15 is 0 Å². The quantitative estimate of drug-likeness (QED) is 0.845. The van der Waals surface area contributed by atoms with Gasteiger partial charge in [-0.15, -0.1) is 0 Å². The van der Waals surface area contributed by atoms with Crippen LogP contribution in [0, 0.1) is 0 Å². The number of aryl methyl sites for hydroxylation is 1. The molecule has 0 unspecified atom stereocenters. The molecule has 1 aromatic carbocycles. The maximum Gasteiger partial charge on any atom is 0.345 e. The first kappa shape index (κ1) is 13.0. The Morgan fingerprint density at radius 2 is 2.11 bits per heavy atom. The van der Waals surface area contributed by atoms with Crippen molar-refractivity contribution in [2.75, 3.05) is 6.61 Å². The van der Waals surface area contributed by atoms with E-state index in [-0.39, 0.29) is 0 Å². The number of benzene rings is 1. The highest BCUT2D eigenvalue weighted by molar-refractivity contribution is 6.36. The molecule has 4 heteroatoms. The summed E-state index contributed by atoms with van der Waals surface area (Å²) >= 11 is 6.17. The molecule has 0 aliphatic heterocycles. The van der Waals surface area contributed by atoms with Crippen LogP contribution in [0.2, 0.25) is 5.02 Å². The van der Waals surface area contributed by atoms with Crippen LogP contribution >= 0.6 is 11.6 Å². The molecule has 96 valence electrons. The maximum atomic E-state index is 11.9. The van der Waals surface area contributed by atoms with Crippen molar-refractivity contribution in [3.8, 4) is 5.75 Å². The second-order valence-corrected chi connectivity index (χ2v) is 4.40. The molecule has 0 aliphatic rings. The molecule has 3 nitrogen and oxygen atoms in total. The van der Waals surface area contributed by atoms with Gasteiger partial charge in [0, 0.05) is 6.42 Å². The fourth-order valence-corrected chi connectivity index (χ4v) is 2.21. The third-order valence-corrected chi connectivity index (χ3v) is 3.05. The molecule has 1 aromatic heterocycles. The number of ether oxygens (including phenoxy) is 1. The monoisotopic (exact) mass is 266 g/mol. The Bertz CT molecular complexity index is 616. The predicted octanol–water partition coefficient (Wildman–Crippen LogP) is 3.80. The number of rotatable bonds is 4. The Morgan fingerprint density at radius 1 is 1.33 bits per heavy atom. The van der Waals surface area contributed by atoms with Crippen LogP contribution in [0.3, 0.4) is 0 Å². The maximum absolute atomic E-state index is 11.9. The molecule has 2 aromatic rings. The van der Waals surface area contributed by atoms with Crippen LogP contribution in [0.1, 0.15) is 26.0 Å². The molecule has 0 fully saturated rings. The lowest BCUT2D eigenvalue weighted by atomic mass is 10.1. The topological polar surface area (TPSA) is 39.4 Å². The molecule has 18 heavy (non-hydrogen) atoms. The lowest BCUT2D eigenvalue weighted by molar-refractivity contribution is 0.340. The zero-order valence-corrected chi connectivity index (χ0v) is 11.2. The highest BCUT2D eigenvalue weighted by Gasteiger charge is 2.12. The molecule has 2 rings (SSSR count). The van der Waals surface area contributed by atoms with Crippen molar-refractivity contribution in [3.05, 3.63) is 39.4 Å². The standard InChI is InChI=1S/C14H15ClO3/c1-3-5-10-8-9-6-7-11(17-4-2)13(15)12(9)14(16)18-10/h6-8H,3-5H2,1-2H3. The smallest absolute Gasteiger partial charge is 0.345 e. The summed E-state index contributed by atoms with van der Waals surface area (Å²) in [5.74, 6) is 1.21. The normalized spacial score (nSPS) is 10.8. The minimum Gasteiger partial charge on any atom is -0.492 e. The molecule has 0 bridgehead atoms. The van der Waals surface area contributed by atoms with Crippen molar-refractivity contribution in [3.63, 3.8) is 0 Å². The van der Waals surface area contributed by atoms with E-state index in [1.54, 1.807) is 6.07 Å². The molecule has 0 N–H and O–H groups in total. The molecule has 0 atom stereocenters. The van der Waals surface area contributed by atoms with Crippen LogP contribution in [0.15, 0.2) is 27.4 Å². The van der Waals surface area contributed by atoms with Crippen LogP contribution in [0.25, 0.3) is 10.8 Å². The number of hydrogen-bond donors (Lipinski definition) is 0. The summed E-state index contributed by atoms with van der Waals surface area (Å²) in [7, 11) is 0. The van der Waals surface area contributed by atoms with Gasteiger partial charge < -0.3 is 9.15 Å². The third-order valence-electron chi connectivity index (χ3n) is 2.68. The minimum absolute atomic E-state index is 0.325. The zero-order chi connectivity index (χ0) is 13.1. The Labute approximate surface area is 110 Å². The lowest BCUT2D eigenvalue weighted by Gasteiger charge is -2.08. The van der Waals surface area contributed by atoms with E-state index < -0.39 is 5.63 Å². The van der Waals surface area contributed by atoms with Gasteiger partial charge >= 0.3 is 5.63 Å². The Kier molecular flexibility index (Phi) is 3.92. The second kappa shape index (κ2) is 5.44. The second-order valence-electron chi connectivity index (χ2n) is 4.03. The SMILES string of the molecule is CCCc1cc2ccc(OCC)c(Cl)c2c(=O)o1. The van der Waals surface area contributed by atoms with E-state index in [0.29, 0.717) is 28.5 Å². The van der Waals surface area contributed by atoms with Crippen LogP contribution in [0.5, 0.6) is 5.75 Å².